The molecule has 0 amide bonds. The predicted molar refractivity (Wildman–Crippen MR) is 103 cm³/mol. The van der Waals surface area contributed by atoms with E-state index in [0.717, 1.165) is 17.7 Å². The summed E-state index contributed by atoms with van der Waals surface area (Å²) in [7, 11) is -8.14. The first kappa shape index (κ1) is 19.8. The van der Waals surface area contributed by atoms with Crippen molar-refractivity contribution in [3.8, 4) is 5.75 Å². The van der Waals surface area contributed by atoms with Gasteiger partial charge in [0.25, 0.3) is 10.0 Å². The van der Waals surface area contributed by atoms with Crippen LogP contribution in [0.15, 0.2) is 82.6 Å². The molecule has 0 aliphatic rings. The molecule has 0 fully saturated rings. The van der Waals surface area contributed by atoms with Crippen LogP contribution in [0, 0.1) is 12.7 Å². The van der Waals surface area contributed by atoms with E-state index < -0.39 is 30.9 Å². The van der Waals surface area contributed by atoms with Crippen LogP contribution in [0.4, 0.5) is 10.1 Å². The van der Waals surface area contributed by atoms with Gasteiger partial charge in [-0.25, -0.2) is 12.8 Å². The Hall–Kier alpha value is -2.91. The molecule has 3 aromatic rings. The quantitative estimate of drug-likeness (QED) is 0.613. The van der Waals surface area contributed by atoms with Gasteiger partial charge in [-0.3, -0.25) is 4.72 Å². The van der Waals surface area contributed by atoms with Gasteiger partial charge >= 0.3 is 10.1 Å². The average Bonchev–Trinajstić information content (AvgIpc) is 2.63. The van der Waals surface area contributed by atoms with Crippen molar-refractivity contribution < 1.29 is 25.4 Å². The highest BCUT2D eigenvalue weighted by atomic mass is 32.2. The standard InChI is InChI=1S/C19H16FNO5S2/c1-14-6-12-17(13-7-14)27(22,23)21-15-8-10-16(11-9-15)26-28(24,25)19-5-3-2-4-18(19)20/h2-13,21H,1H3. The third-order valence-corrected chi connectivity index (χ3v) is 6.43. The molecule has 0 spiro atoms. The van der Waals surface area contributed by atoms with E-state index in [1.165, 1.54) is 48.5 Å². The van der Waals surface area contributed by atoms with Crippen molar-refractivity contribution in [1.29, 1.82) is 0 Å². The molecule has 0 aromatic heterocycles. The van der Waals surface area contributed by atoms with Crippen molar-refractivity contribution in [2.45, 2.75) is 16.7 Å². The zero-order valence-electron chi connectivity index (χ0n) is 14.7. The van der Waals surface area contributed by atoms with Crippen molar-refractivity contribution in [2.75, 3.05) is 4.72 Å². The lowest BCUT2D eigenvalue weighted by molar-refractivity contribution is 0.476. The Bertz CT molecular complexity index is 1190. The number of nitrogens with one attached hydrogen (secondary N) is 1. The molecule has 0 aliphatic heterocycles. The second-order valence-electron chi connectivity index (χ2n) is 5.91. The summed E-state index contributed by atoms with van der Waals surface area (Å²) >= 11 is 0. The molecule has 0 radical (unpaired) electrons. The van der Waals surface area contributed by atoms with Gasteiger partial charge in [0.2, 0.25) is 0 Å². The monoisotopic (exact) mass is 421 g/mol. The van der Waals surface area contributed by atoms with Crippen molar-refractivity contribution in [2.24, 2.45) is 0 Å². The minimum absolute atomic E-state index is 0.0819. The lowest BCUT2D eigenvalue weighted by Gasteiger charge is -2.10. The van der Waals surface area contributed by atoms with E-state index in [1.807, 2.05) is 6.92 Å². The highest BCUT2D eigenvalue weighted by Crippen LogP contribution is 2.23. The zero-order valence-corrected chi connectivity index (χ0v) is 16.3. The zero-order chi connectivity index (χ0) is 20.4. The molecule has 0 atom stereocenters. The highest BCUT2D eigenvalue weighted by molar-refractivity contribution is 7.92. The topological polar surface area (TPSA) is 89.5 Å². The van der Waals surface area contributed by atoms with E-state index in [1.54, 1.807) is 12.1 Å². The summed E-state index contributed by atoms with van der Waals surface area (Å²) < 4.78 is 70.1. The smallest absolute Gasteiger partial charge is 0.342 e. The summed E-state index contributed by atoms with van der Waals surface area (Å²) in [6, 6.07) is 16.4. The number of hydrogen-bond donors (Lipinski definition) is 1. The summed E-state index contributed by atoms with van der Waals surface area (Å²) in [4.78, 5) is -0.486. The van der Waals surface area contributed by atoms with E-state index in [-0.39, 0.29) is 16.3 Å². The summed E-state index contributed by atoms with van der Waals surface area (Å²) in [5, 5.41) is 0. The van der Waals surface area contributed by atoms with Gasteiger partial charge in [0.15, 0.2) is 0 Å². The highest BCUT2D eigenvalue weighted by Gasteiger charge is 2.21. The molecule has 0 aliphatic carbocycles. The van der Waals surface area contributed by atoms with Gasteiger partial charge in [0.1, 0.15) is 16.5 Å². The van der Waals surface area contributed by atoms with Crippen LogP contribution in [0.5, 0.6) is 5.75 Å². The third-order valence-electron chi connectivity index (χ3n) is 3.75. The van der Waals surface area contributed by atoms with Crippen LogP contribution in [0.25, 0.3) is 0 Å². The van der Waals surface area contributed by atoms with Crippen molar-refractivity contribution in [1.82, 2.24) is 0 Å². The lowest BCUT2D eigenvalue weighted by atomic mass is 10.2. The van der Waals surface area contributed by atoms with Crippen LogP contribution in [0.2, 0.25) is 0 Å². The van der Waals surface area contributed by atoms with Crippen LogP contribution < -0.4 is 8.91 Å². The van der Waals surface area contributed by atoms with Crippen molar-refractivity contribution in [3.05, 3.63) is 84.2 Å². The number of aryl methyl sites for hydroxylation is 1. The number of benzene rings is 3. The first-order valence-electron chi connectivity index (χ1n) is 8.06. The Kier molecular flexibility index (Phi) is 5.39. The van der Waals surface area contributed by atoms with Crippen LogP contribution in [-0.2, 0) is 20.1 Å². The van der Waals surface area contributed by atoms with E-state index >= 15 is 0 Å². The molecule has 146 valence electrons. The first-order valence-corrected chi connectivity index (χ1v) is 11.0. The summed E-state index contributed by atoms with van der Waals surface area (Å²) in [5.74, 6) is -1.01. The Morgan fingerprint density at radius 2 is 1.43 bits per heavy atom. The summed E-state index contributed by atoms with van der Waals surface area (Å²) in [6.07, 6.45) is 0. The number of halogens is 1. The molecule has 0 unspecified atom stereocenters. The molecule has 6 nitrogen and oxygen atoms in total. The molecular weight excluding hydrogens is 405 g/mol. The maximum absolute atomic E-state index is 13.7. The molecule has 9 heteroatoms. The largest absolute Gasteiger partial charge is 0.379 e. The van der Waals surface area contributed by atoms with E-state index in [0.29, 0.717) is 0 Å². The fraction of sp³-hybridized carbons (Fsp3) is 0.0526. The minimum atomic E-state index is -4.35. The lowest BCUT2D eigenvalue weighted by Crippen LogP contribution is -2.13. The van der Waals surface area contributed by atoms with Crippen molar-refractivity contribution >= 4 is 25.8 Å². The maximum Gasteiger partial charge on any atom is 0.342 e. The van der Waals surface area contributed by atoms with E-state index in [4.69, 9.17) is 4.18 Å². The second kappa shape index (κ2) is 7.61. The van der Waals surface area contributed by atoms with Gasteiger partial charge in [-0.2, -0.15) is 8.42 Å². The molecule has 3 rings (SSSR count). The second-order valence-corrected chi connectivity index (χ2v) is 9.11. The van der Waals surface area contributed by atoms with Crippen LogP contribution in [0.3, 0.4) is 0 Å². The summed E-state index contributed by atoms with van der Waals surface area (Å²) in [6.45, 7) is 1.85. The number of anilines is 1. The minimum Gasteiger partial charge on any atom is -0.379 e. The Morgan fingerprint density at radius 3 is 2.04 bits per heavy atom. The SMILES string of the molecule is Cc1ccc(S(=O)(=O)Nc2ccc(OS(=O)(=O)c3ccccc3F)cc2)cc1. The molecule has 28 heavy (non-hydrogen) atoms. The van der Waals surface area contributed by atoms with Gasteiger partial charge < -0.3 is 4.18 Å². The van der Waals surface area contributed by atoms with Crippen LogP contribution in [-0.4, -0.2) is 16.8 Å². The Labute approximate surface area is 162 Å². The van der Waals surface area contributed by atoms with Crippen molar-refractivity contribution in [3.63, 3.8) is 0 Å². The van der Waals surface area contributed by atoms with Gasteiger partial charge in [-0.1, -0.05) is 29.8 Å². The maximum atomic E-state index is 13.7. The Morgan fingerprint density at radius 1 is 0.821 bits per heavy atom. The number of rotatable bonds is 6. The van der Waals surface area contributed by atoms with Gasteiger partial charge in [-0.15, -0.1) is 0 Å². The van der Waals surface area contributed by atoms with Gasteiger partial charge in [0.05, 0.1) is 4.90 Å². The van der Waals surface area contributed by atoms with Crippen LogP contribution in [0.1, 0.15) is 5.56 Å². The molecular formula is C19H16FNO5S2. The number of hydrogen-bond acceptors (Lipinski definition) is 5. The molecule has 0 saturated heterocycles. The van der Waals surface area contributed by atoms with Gasteiger partial charge in [-0.05, 0) is 55.5 Å². The van der Waals surface area contributed by atoms with Gasteiger partial charge in [0, 0.05) is 5.69 Å². The first-order chi connectivity index (χ1) is 13.2. The number of sulfonamides is 1. The Balaban J connectivity index is 1.77. The third kappa shape index (κ3) is 4.49. The van der Waals surface area contributed by atoms with E-state index in [9.17, 15) is 21.2 Å². The normalized spacial score (nSPS) is 11.8. The van der Waals surface area contributed by atoms with Crippen LogP contribution >= 0.6 is 0 Å². The fourth-order valence-corrected chi connectivity index (χ4v) is 4.39. The molecule has 1 N–H and O–H groups in total. The molecule has 0 heterocycles. The molecule has 3 aromatic carbocycles. The van der Waals surface area contributed by atoms with E-state index in [2.05, 4.69) is 4.72 Å². The molecule has 0 bridgehead atoms. The predicted octanol–water partition coefficient (Wildman–Crippen LogP) is 3.70. The average molecular weight is 421 g/mol. The molecule has 0 saturated carbocycles. The summed E-state index contributed by atoms with van der Waals surface area (Å²) in [5.41, 5.74) is 1.15. The fourth-order valence-electron chi connectivity index (χ4n) is 2.33.